The third-order valence-electron chi connectivity index (χ3n) is 6.56. The van der Waals surface area contributed by atoms with Crippen molar-refractivity contribution < 1.29 is 14.6 Å². The quantitative estimate of drug-likeness (QED) is 0.537. The third kappa shape index (κ3) is 4.37. The Hall–Kier alpha value is -2.84. The lowest BCUT2D eigenvalue weighted by Gasteiger charge is -2.33. The van der Waals surface area contributed by atoms with E-state index in [1.165, 1.54) is 17.8 Å². The maximum Gasteiger partial charge on any atom is 0.257 e. The Kier molecular flexibility index (Phi) is 6.12. The number of hydrogen-bond donors (Lipinski definition) is 1. The fourth-order valence-electron chi connectivity index (χ4n) is 4.63. The van der Waals surface area contributed by atoms with E-state index in [9.17, 15) is 5.11 Å². The predicted molar refractivity (Wildman–Crippen MR) is 125 cm³/mol. The Bertz CT molecular complexity index is 1090. The second kappa shape index (κ2) is 9.19. The average molecular weight is 470 g/mol. The van der Waals surface area contributed by atoms with Crippen LogP contribution in [0.5, 0.6) is 11.6 Å². The molecule has 1 saturated heterocycles. The van der Waals surface area contributed by atoms with E-state index in [0.29, 0.717) is 18.2 Å². The van der Waals surface area contributed by atoms with Crippen LogP contribution in [0.3, 0.4) is 0 Å². The van der Waals surface area contributed by atoms with Gasteiger partial charge in [0.1, 0.15) is 11.9 Å². The van der Waals surface area contributed by atoms with Crippen LogP contribution in [0.2, 0.25) is 5.02 Å². The standard InChI is InChI=1S/C24H28ClN5O3/c1-32-14-13-30-22(24(9-10-24)17-5-3-2-4-6-17)27-28-23(30)29-11-7-19(8-12-29)33-21-20(31)15-18(25)16-26-21/h2-6,15-16,19,31H,7-14H2,1H3. The summed E-state index contributed by atoms with van der Waals surface area (Å²) in [6.45, 7) is 2.87. The van der Waals surface area contributed by atoms with Crippen LogP contribution in [0.4, 0.5) is 5.95 Å². The maximum absolute atomic E-state index is 10.0. The molecule has 1 aliphatic heterocycles. The van der Waals surface area contributed by atoms with E-state index in [4.69, 9.17) is 26.2 Å². The second-order valence-corrected chi connectivity index (χ2v) is 9.13. The van der Waals surface area contributed by atoms with Crippen molar-refractivity contribution in [3.63, 3.8) is 0 Å². The van der Waals surface area contributed by atoms with E-state index < -0.39 is 0 Å². The Balaban J connectivity index is 1.33. The number of nitrogens with zero attached hydrogens (tertiary/aromatic N) is 5. The van der Waals surface area contributed by atoms with E-state index in [0.717, 1.165) is 50.5 Å². The molecule has 0 radical (unpaired) electrons. The van der Waals surface area contributed by atoms with E-state index >= 15 is 0 Å². The van der Waals surface area contributed by atoms with Gasteiger partial charge in [0, 0.05) is 45.3 Å². The minimum absolute atomic E-state index is 0.0327. The first-order chi connectivity index (χ1) is 16.1. The van der Waals surface area contributed by atoms with Gasteiger partial charge in [-0.15, -0.1) is 10.2 Å². The van der Waals surface area contributed by atoms with Crippen LogP contribution >= 0.6 is 11.6 Å². The average Bonchev–Trinajstić information content (AvgIpc) is 3.54. The largest absolute Gasteiger partial charge is 0.503 e. The lowest BCUT2D eigenvalue weighted by atomic mass is 9.95. The Morgan fingerprint density at radius 1 is 1.15 bits per heavy atom. The minimum atomic E-state index is -0.0561. The zero-order valence-electron chi connectivity index (χ0n) is 18.7. The molecule has 1 saturated carbocycles. The first-order valence-electron chi connectivity index (χ1n) is 11.3. The topological polar surface area (TPSA) is 85.5 Å². The van der Waals surface area contributed by atoms with E-state index in [2.05, 4.69) is 43.8 Å². The van der Waals surface area contributed by atoms with E-state index in [1.807, 2.05) is 6.07 Å². The van der Waals surface area contributed by atoms with Crippen LogP contribution in [0.25, 0.3) is 0 Å². The van der Waals surface area contributed by atoms with Crippen LogP contribution < -0.4 is 9.64 Å². The number of benzene rings is 1. The summed E-state index contributed by atoms with van der Waals surface area (Å²) in [5.74, 6) is 2.09. The number of piperidine rings is 1. The summed E-state index contributed by atoms with van der Waals surface area (Å²) in [6.07, 6.45) is 5.19. The van der Waals surface area contributed by atoms with Gasteiger partial charge in [-0.1, -0.05) is 41.9 Å². The maximum atomic E-state index is 10.0. The van der Waals surface area contributed by atoms with Gasteiger partial charge in [0.2, 0.25) is 5.95 Å². The van der Waals surface area contributed by atoms with Crippen LogP contribution in [0.1, 0.15) is 37.1 Å². The van der Waals surface area contributed by atoms with E-state index in [-0.39, 0.29) is 23.1 Å². The lowest BCUT2D eigenvalue weighted by molar-refractivity contribution is 0.156. The molecule has 5 rings (SSSR count). The SMILES string of the molecule is COCCn1c(N2CCC(Oc3ncc(Cl)cc3O)CC2)nnc1C1(c2ccccc2)CC1. The van der Waals surface area contributed by atoms with Gasteiger partial charge in [0.25, 0.3) is 5.88 Å². The van der Waals surface area contributed by atoms with Gasteiger partial charge in [-0.05, 0) is 18.4 Å². The fraction of sp³-hybridized carbons (Fsp3) is 0.458. The molecule has 0 spiro atoms. The monoisotopic (exact) mass is 469 g/mol. The summed E-state index contributed by atoms with van der Waals surface area (Å²) in [6, 6.07) is 12.0. The number of pyridine rings is 1. The number of aromatic nitrogens is 4. The molecule has 33 heavy (non-hydrogen) atoms. The highest BCUT2D eigenvalue weighted by atomic mass is 35.5. The molecule has 1 aliphatic carbocycles. The highest BCUT2D eigenvalue weighted by Gasteiger charge is 2.50. The molecule has 0 unspecified atom stereocenters. The first-order valence-corrected chi connectivity index (χ1v) is 11.7. The van der Waals surface area contributed by atoms with Crippen molar-refractivity contribution in [2.45, 2.75) is 43.7 Å². The van der Waals surface area contributed by atoms with Gasteiger partial charge in [-0.3, -0.25) is 4.57 Å². The molecule has 174 valence electrons. The Labute approximate surface area is 198 Å². The summed E-state index contributed by atoms with van der Waals surface area (Å²) in [4.78, 5) is 6.37. The number of aromatic hydroxyl groups is 1. The summed E-state index contributed by atoms with van der Waals surface area (Å²) in [5, 5.41) is 19.7. The minimum Gasteiger partial charge on any atom is -0.503 e. The van der Waals surface area contributed by atoms with Crippen molar-refractivity contribution in [2.24, 2.45) is 0 Å². The summed E-state index contributed by atoms with van der Waals surface area (Å²) in [5.41, 5.74) is 1.24. The molecule has 0 atom stereocenters. The molecule has 0 bridgehead atoms. The third-order valence-corrected chi connectivity index (χ3v) is 6.76. The number of methoxy groups -OCH3 is 1. The molecular weight excluding hydrogens is 442 g/mol. The van der Waals surface area contributed by atoms with Crippen molar-refractivity contribution in [2.75, 3.05) is 31.7 Å². The van der Waals surface area contributed by atoms with Crippen LogP contribution in [-0.2, 0) is 16.7 Å². The number of ether oxygens (including phenoxy) is 2. The highest BCUT2D eigenvalue weighted by molar-refractivity contribution is 6.30. The fourth-order valence-corrected chi connectivity index (χ4v) is 4.79. The van der Waals surface area contributed by atoms with Gasteiger partial charge >= 0.3 is 0 Å². The Morgan fingerprint density at radius 3 is 2.58 bits per heavy atom. The molecule has 3 heterocycles. The van der Waals surface area contributed by atoms with Crippen molar-refractivity contribution in [1.82, 2.24) is 19.7 Å². The number of halogens is 1. The van der Waals surface area contributed by atoms with Crippen LogP contribution in [-0.4, -0.2) is 57.8 Å². The van der Waals surface area contributed by atoms with Crippen molar-refractivity contribution in [3.05, 3.63) is 59.0 Å². The van der Waals surface area contributed by atoms with Gasteiger partial charge in [0.15, 0.2) is 5.75 Å². The molecule has 1 aromatic carbocycles. The van der Waals surface area contributed by atoms with Crippen molar-refractivity contribution >= 4 is 17.5 Å². The van der Waals surface area contributed by atoms with Gasteiger partial charge in [0.05, 0.1) is 23.6 Å². The lowest BCUT2D eigenvalue weighted by Crippen LogP contribution is -2.40. The zero-order chi connectivity index (χ0) is 22.8. The molecule has 9 heteroatoms. The molecular formula is C24H28ClN5O3. The molecule has 2 aliphatic rings. The molecule has 3 aromatic rings. The molecule has 1 N–H and O–H groups in total. The smallest absolute Gasteiger partial charge is 0.257 e. The van der Waals surface area contributed by atoms with Crippen LogP contribution in [0, 0.1) is 0 Å². The molecule has 0 amide bonds. The normalized spacial score (nSPS) is 17.8. The van der Waals surface area contributed by atoms with Gasteiger partial charge in [-0.25, -0.2) is 4.98 Å². The second-order valence-electron chi connectivity index (χ2n) is 8.70. The number of rotatable bonds is 8. The zero-order valence-corrected chi connectivity index (χ0v) is 19.4. The Morgan fingerprint density at radius 2 is 1.91 bits per heavy atom. The molecule has 8 nitrogen and oxygen atoms in total. The summed E-state index contributed by atoms with van der Waals surface area (Å²) < 4.78 is 13.6. The van der Waals surface area contributed by atoms with Crippen molar-refractivity contribution in [3.8, 4) is 11.6 Å². The van der Waals surface area contributed by atoms with Crippen molar-refractivity contribution in [1.29, 1.82) is 0 Å². The number of hydrogen-bond acceptors (Lipinski definition) is 7. The van der Waals surface area contributed by atoms with Gasteiger partial charge < -0.3 is 19.5 Å². The van der Waals surface area contributed by atoms with E-state index in [1.54, 1.807) is 7.11 Å². The molecule has 2 fully saturated rings. The number of anilines is 1. The molecule has 2 aromatic heterocycles. The highest BCUT2D eigenvalue weighted by Crippen LogP contribution is 2.53. The van der Waals surface area contributed by atoms with Gasteiger partial charge in [-0.2, -0.15) is 0 Å². The predicted octanol–water partition coefficient (Wildman–Crippen LogP) is 3.81. The first kappa shape index (κ1) is 22.0. The summed E-state index contributed by atoms with van der Waals surface area (Å²) >= 11 is 5.87. The summed E-state index contributed by atoms with van der Waals surface area (Å²) in [7, 11) is 1.72. The van der Waals surface area contributed by atoms with Crippen LogP contribution in [0.15, 0.2) is 42.6 Å².